The molecule has 2 N–H and O–H groups in total. The topological polar surface area (TPSA) is 41.1 Å². The Balaban J connectivity index is 1.76. The zero-order valence-corrected chi connectivity index (χ0v) is 11.9. The van der Waals surface area contributed by atoms with Gasteiger partial charge in [0.2, 0.25) is 5.91 Å². The number of amides is 1. The van der Waals surface area contributed by atoms with Gasteiger partial charge in [0.15, 0.2) is 0 Å². The van der Waals surface area contributed by atoms with Crippen LogP contribution in [0, 0.1) is 11.8 Å². The normalized spacial score (nSPS) is 16.8. The van der Waals surface area contributed by atoms with Gasteiger partial charge in [-0.05, 0) is 36.1 Å². The molecule has 100 valence electrons. The summed E-state index contributed by atoms with van der Waals surface area (Å²) in [4.78, 5) is 13.0. The lowest BCUT2D eigenvalue weighted by Crippen LogP contribution is -2.37. The second-order valence-electron chi connectivity index (χ2n) is 5.37. The molecule has 1 aliphatic carbocycles. The van der Waals surface area contributed by atoms with Crippen LogP contribution in [-0.4, -0.2) is 19.0 Å². The van der Waals surface area contributed by atoms with E-state index in [2.05, 4.69) is 42.0 Å². The number of nitrogens with one attached hydrogen (secondary N) is 2. The van der Waals surface area contributed by atoms with Crippen molar-refractivity contribution >= 4 is 17.2 Å². The lowest BCUT2D eigenvalue weighted by atomic mass is 10.0. The minimum Gasteiger partial charge on any atom is -0.355 e. The molecule has 1 heterocycles. The highest BCUT2D eigenvalue weighted by Gasteiger charge is 2.22. The molecule has 0 saturated heterocycles. The molecule has 1 aromatic heterocycles. The number of carbonyl (C=O) groups is 1. The van der Waals surface area contributed by atoms with Crippen molar-refractivity contribution in [2.24, 2.45) is 11.8 Å². The van der Waals surface area contributed by atoms with Crippen molar-refractivity contribution in [1.82, 2.24) is 10.6 Å². The molecule has 1 amide bonds. The summed E-state index contributed by atoms with van der Waals surface area (Å²) >= 11 is 1.75. The van der Waals surface area contributed by atoms with E-state index in [0.29, 0.717) is 12.5 Å². The van der Waals surface area contributed by atoms with Gasteiger partial charge in [-0.1, -0.05) is 19.9 Å². The molecule has 1 saturated carbocycles. The Labute approximate surface area is 113 Å². The average molecular weight is 266 g/mol. The van der Waals surface area contributed by atoms with Gasteiger partial charge in [-0.25, -0.2) is 0 Å². The van der Waals surface area contributed by atoms with Gasteiger partial charge < -0.3 is 10.6 Å². The highest BCUT2D eigenvalue weighted by molar-refractivity contribution is 7.10. The summed E-state index contributed by atoms with van der Waals surface area (Å²) in [6.45, 7) is 5.62. The van der Waals surface area contributed by atoms with Gasteiger partial charge >= 0.3 is 0 Å². The zero-order chi connectivity index (χ0) is 13.0. The van der Waals surface area contributed by atoms with E-state index in [1.165, 1.54) is 17.7 Å². The monoisotopic (exact) mass is 266 g/mol. The van der Waals surface area contributed by atoms with Crippen molar-refractivity contribution in [2.75, 3.05) is 13.1 Å². The van der Waals surface area contributed by atoms with Crippen LogP contribution in [0.4, 0.5) is 0 Å². The van der Waals surface area contributed by atoms with Crippen molar-refractivity contribution in [3.8, 4) is 0 Å². The van der Waals surface area contributed by atoms with Gasteiger partial charge in [0.25, 0.3) is 0 Å². The summed E-state index contributed by atoms with van der Waals surface area (Å²) in [7, 11) is 0. The molecule has 18 heavy (non-hydrogen) atoms. The number of carbonyl (C=O) groups excluding carboxylic acids is 1. The molecule has 1 aliphatic rings. The Hall–Kier alpha value is -0.870. The third-order valence-corrected chi connectivity index (χ3v) is 4.24. The molecule has 0 aromatic carbocycles. The van der Waals surface area contributed by atoms with E-state index in [9.17, 15) is 4.79 Å². The first-order valence-corrected chi connectivity index (χ1v) is 7.58. The maximum Gasteiger partial charge on any atom is 0.233 e. The number of hydrogen-bond donors (Lipinski definition) is 2. The fraction of sp³-hybridized carbons (Fsp3) is 0.643. The van der Waals surface area contributed by atoms with Crippen LogP contribution in [0.3, 0.4) is 0 Å². The molecule has 0 spiro atoms. The van der Waals surface area contributed by atoms with E-state index in [4.69, 9.17) is 0 Å². The van der Waals surface area contributed by atoms with Crippen LogP contribution in [0.25, 0.3) is 0 Å². The summed E-state index contributed by atoms with van der Waals surface area (Å²) in [5, 5.41) is 8.43. The highest BCUT2D eigenvalue weighted by atomic mass is 32.1. The lowest BCUT2D eigenvalue weighted by Gasteiger charge is -2.21. The first kappa shape index (κ1) is 13.6. The molecule has 0 aliphatic heterocycles. The van der Waals surface area contributed by atoms with Crippen LogP contribution in [-0.2, 0) is 4.79 Å². The van der Waals surface area contributed by atoms with Crippen molar-refractivity contribution in [3.63, 3.8) is 0 Å². The SMILES string of the molecule is CC(C)C(NCC(=O)NCC1CC1)c1cccs1. The standard InChI is InChI=1S/C14H22N2OS/c1-10(2)14(12-4-3-7-18-12)16-9-13(17)15-8-11-5-6-11/h3-4,7,10-11,14,16H,5-6,8-9H2,1-2H3,(H,15,17). The molecule has 0 radical (unpaired) electrons. The molecule has 1 fully saturated rings. The molecular weight excluding hydrogens is 244 g/mol. The smallest absolute Gasteiger partial charge is 0.233 e. The maximum atomic E-state index is 11.7. The van der Waals surface area contributed by atoms with Crippen molar-refractivity contribution in [2.45, 2.75) is 32.7 Å². The zero-order valence-electron chi connectivity index (χ0n) is 11.1. The maximum absolute atomic E-state index is 11.7. The Morgan fingerprint density at radius 2 is 2.28 bits per heavy atom. The van der Waals surface area contributed by atoms with Crippen LogP contribution in [0.15, 0.2) is 17.5 Å². The Morgan fingerprint density at radius 3 is 2.83 bits per heavy atom. The molecule has 1 atom stereocenters. The van der Waals surface area contributed by atoms with Gasteiger partial charge in [-0.15, -0.1) is 11.3 Å². The van der Waals surface area contributed by atoms with Crippen LogP contribution in [0.1, 0.15) is 37.6 Å². The van der Waals surface area contributed by atoms with E-state index < -0.39 is 0 Å². The van der Waals surface area contributed by atoms with Crippen LogP contribution >= 0.6 is 11.3 Å². The number of thiophene rings is 1. The number of rotatable bonds is 7. The van der Waals surface area contributed by atoms with E-state index in [1.54, 1.807) is 11.3 Å². The molecule has 3 nitrogen and oxygen atoms in total. The van der Waals surface area contributed by atoms with Crippen LogP contribution < -0.4 is 10.6 Å². The Kier molecular flexibility index (Phi) is 4.78. The van der Waals surface area contributed by atoms with Gasteiger partial charge in [-0.3, -0.25) is 4.79 Å². The second-order valence-corrected chi connectivity index (χ2v) is 6.34. The Bertz CT molecular complexity index is 371. The van der Waals surface area contributed by atoms with E-state index in [0.717, 1.165) is 12.5 Å². The summed E-state index contributed by atoms with van der Waals surface area (Å²) in [5.41, 5.74) is 0. The summed E-state index contributed by atoms with van der Waals surface area (Å²) in [6, 6.07) is 4.46. The van der Waals surface area contributed by atoms with Gasteiger partial charge in [0.1, 0.15) is 0 Å². The largest absolute Gasteiger partial charge is 0.355 e. The highest BCUT2D eigenvalue weighted by Crippen LogP contribution is 2.27. The van der Waals surface area contributed by atoms with Gasteiger partial charge in [0, 0.05) is 17.5 Å². The first-order valence-electron chi connectivity index (χ1n) is 6.70. The summed E-state index contributed by atoms with van der Waals surface area (Å²) in [6.07, 6.45) is 2.55. The molecule has 2 rings (SSSR count). The molecular formula is C14H22N2OS. The van der Waals surface area contributed by atoms with Crippen LogP contribution in [0.5, 0.6) is 0 Å². The first-order chi connectivity index (χ1) is 8.66. The van der Waals surface area contributed by atoms with Crippen molar-refractivity contribution in [3.05, 3.63) is 22.4 Å². The third kappa shape index (κ3) is 4.10. The van der Waals surface area contributed by atoms with Gasteiger partial charge in [-0.2, -0.15) is 0 Å². The third-order valence-electron chi connectivity index (χ3n) is 3.28. The van der Waals surface area contributed by atoms with E-state index in [-0.39, 0.29) is 11.9 Å². The molecule has 0 bridgehead atoms. The predicted octanol–water partition coefficient (Wildman–Crippen LogP) is 2.56. The lowest BCUT2D eigenvalue weighted by molar-refractivity contribution is -0.120. The van der Waals surface area contributed by atoms with Crippen LogP contribution in [0.2, 0.25) is 0 Å². The van der Waals surface area contributed by atoms with Crippen molar-refractivity contribution in [1.29, 1.82) is 0 Å². The van der Waals surface area contributed by atoms with Crippen molar-refractivity contribution < 1.29 is 4.79 Å². The van der Waals surface area contributed by atoms with E-state index >= 15 is 0 Å². The average Bonchev–Trinajstić information content (AvgIpc) is 3.01. The fourth-order valence-electron chi connectivity index (χ4n) is 1.98. The Morgan fingerprint density at radius 1 is 1.50 bits per heavy atom. The predicted molar refractivity (Wildman–Crippen MR) is 75.6 cm³/mol. The molecule has 4 heteroatoms. The van der Waals surface area contributed by atoms with E-state index in [1.807, 2.05) is 0 Å². The summed E-state index contributed by atoms with van der Waals surface area (Å²) in [5.74, 6) is 1.34. The fourth-order valence-corrected chi connectivity index (χ4v) is 2.95. The van der Waals surface area contributed by atoms with Gasteiger partial charge in [0.05, 0.1) is 6.54 Å². The minimum atomic E-state index is 0.115. The molecule has 1 unspecified atom stereocenters. The number of hydrogen-bond acceptors (Lipinski definition) is 3. The quantitative estimate of drug-likeness (QED) is 0.796. The summed E-state index contributed by atoms with van der Waals surface area (Å²) < 4.78 is 0. The second kappa shape index (κ2) is 6.34. The minimum absolute atomic E-state index is 0.115. The molecule has 1 aromatic rings.